The summed E-state index contributed by atoms with van der Waals surface area (Å²) >= 11 is 0. The summed E-state index contributed by atoms with van der Waals surface area (Å²) in [4.78, 5) is 11.8. The quantitative estimate of drug-likeness (QED) is 0.789. The van der Waals surface area contributed by atoms with Crippen LogP contribution in [0.1, 0.15) is 31.4 Å². The molecule has 2 rings (SSSR count). The molecule has 1 aliphatic heterocycles. The van der Waals surface area contributed by atoms with Crippen molar-refractivity contribution in [2.24, 2.45) is 5.41 Å². The summed E-state index contributed by atoms with van der Waals surface area (Å²) in [6.07, 6.45) is 4.96. The maximum absolute atomic E-state index is 11.8. The van der Waals surface area contributed by atoms with E-state index in [0.29, 0.717) is 13.0 Å². The van der Waals surface area contributed by atoms with E-state index < -0.39 is 0 Å². The highest BCUT2D eigenvalue weighted by Crippen LogP contribution is 2.26. The second-order valence-corrected chi connectivity index (χ2v) is 6.15. The molecule has 4 nitrogen and oxygen atoms in total. The van der Waals surface area contributed by atoms with Crippen LogP contribution in [0.2, 0.25) is 0 Å². The van der Waals surface area contributed by atoms with Crippen LogP contribution in [-0.4, -0.2) is 30.8 Å². The van der Waals surface area contributed by atoms with Gasteiger partial charge >= 0.3 is 0 Å². The van der Waals surface area contributed by atoms with E-state index in [1.807, 2.05) is 32.1 Å². The van der Waals surface area contributed by atoms with Gasteiger partial charge < -0.3 is 15.2 Å². The second-order valence-electron chi connectivity index (χ2n) is 6.15. The molecule has 2 N–H and O–H groups in total. The largest absolute Gasteiger partial charge is 0.493 e. The lowest BCUT2D eigenvalue weighted by atomic mass is 9.90. The zero-order valence-corrected chi connectivity index (χ0v) is 12.7. The summed E-state index contributed by atoms with van der Waals surface area (Å²) in [5, 5.41) is 11.8. The van der Waals surface area contributed by atoms with Gasteiger partial charge in [0, 0.05) is 25.6 Å². The first-order valence-electron chi connectivity index (χ1n) is 7.33. The highest BCUT2D eigenvalue weighted by molar-refractivity contribution is 5.91. The third-order valence-corrected chi connectivity index (χ3v) is 3.67. The van der Waals surface area contributed by atoms with Crippen LogP contribution in [0.15, 0.2) is 24.3 Å². The van der Waals surface area contributed by atoms with Gasteiger partial charge in [-0.1, -0.05) is 19.9 Å². The van der Waals surface area contributed by atoms with Crippen LogP contribution in [0.25, 0.3) is 6.08 Å². The summed E-state index contributed by atoms with van der Waals surface area (Å²) in [6.45, 7) is 5.47. The van der Waals surface area contributed by atoms with E-state index in [1.165, 1.54) is 5.56 Å². The Hall–Kier alpha value is -1.81. The Labute approximate surface area is 125 Å². The average Bonchev–Trinajstić information content (AvgIpc) is 2.90. The Morgan fingerprint density at radius 2 is 2.29 bits per heavy atom. The fourth-order valence-corrected chi connectivity index (χ4v) is 2.26. The van der Waals surface area contributed by atoms with Gasteiger partial charge in [-0.2, -0.15) is 0 Å². The van der Waals surface area contributed by atoms with Crippen LogP contribution in [0.4, 0.5) is 0 Å². The number of aliphatic hydroxyl groups is 1. The number of rotatable bonds is 6. The molecule has 0 saturated carbocycles. The first kappa shape index (κ1) is 15.6. The monoisotopic (exact) mass is 289 g/mol. The van der Waals surface area contributed by atoms with Crippen molar-refractivity contribution in [1.29, 1.82) is 0 Å². The molecule has 0 atom stereocenters. The summed E-state index contributed by atoms with van der Waals surface area (Å²) in [6, 6.07) is 5.95. The van der Waals surface area contributed by atoms with Crippen LogP contribution < -0.4 is 10.1 Å². The van der Waals surface area contributed by atoms with Crippen LogP contribution in [-0.2, 0) is 11.2 Å². The highest BCUT2D eigenvalue weighted by Gasteiger charge is 2.17. The molecule has 0 radical (unpaired) electrons. The number of aliphatic hydroxyl groups excluding tert-OH is 1. The van der Waals surface area contributed by atoms with Crippen molar-refractivity contribution >= 4 is 12.0 Å². The molecule has 0 fully saturated rings. The first-order valence-corrected chi connectivity index (χ1v) is 7.33. The first-order chi connectivity index (χ1) is 10.00. The number of benzene rings is 1. The number of nitrogens with one attached hydrogen (secondary N) is 1. The number of ether oxygens (including phenoxy) is 1. The van der Waals surface area contributed by atoms with Gasteiger partial charge in [-0.3, -0.25) is 4.79 Å². The lowest BCUT2D eigenvalue weighted by Crippen LogP contribution is -2.33. The van der Waals surface area contributed by atoms with Crippen LogP contribution in [0.3, 0.4) is 0 Å². The minimum absolute atomic E-state index is 0.0941. The van der Waals surface area contributed by atoms with E-state index in [2.05, 4.69) is 11.4 Å². The van der Waals surface area contributed by atoms with Crippen LogP contribution in [0, 0.1) is 5.41 Å². The van der Waals surface area contributed by atoms with E-state index in [1.54, 1.807) is 6.08 Å². The molecule has 1 amide bonds. The van der Waals surface area contributed by atoms with Gasteiger partial charge in [0.25, 0.3) is 0 Å². The lowest BCUT2D eigenvalue weighted by molar-refractivity contribution is -0.116. The number of carbonyl (C=O) groups is 1. The predicted molar refractivity (Wildman–Crippen MR) is 83.2 cm³/mol. The van der Waals surface area contributed by atoms with Gasteiger partial charge in [-0.15, -0.1) is 0 Å². The van der Waals surface area contributed by atoms with Crippen LogP contribution in [0.5, 0.6) is 5.75 Å². The Bertz CT molecular complexity index is 535. The molecule has 114 valence electrons. The third kappa shape index (κ3) is 4.60. The molecule has 1 heterocycles. The molecule has 0 saturated heterocycles. The molecular formula is C17H23NO3. The zero-order chi connectivity index (χ0) is 15.3. The van der Waals surface area contributed by atoms with Crippen molar-refractivity contribution in [1.82, 2.24) is 5.32 Å². The molecule has 0 aromatic heterocycles. The third-order valence-electron chi connectivity index (χ3n) is 3.67. The average molecular weight is 289 g/mol. The van der Waals surface area contributed by atoms with Crippen molar-refractivity contribution in [3.8, 4) is 5.75 Å². The summed E-state index contributed by atoms with van der Waals surface area (Å²) in [7, 11) is 0. The van der Waals surface area contributed by atoms with Gasteiger partial charge in [-0.05, 0) is 41.2 Å². The molecule has 1 aromatic carbocycles. The van der Waals surface area contributed by atoms with Crippen molar-refractivity contribution < 1.29 is 14.6 Å². The number of amides is 1. The molecule has 0 aliphatic carbocycles. The fraction of sp³-hybridized carbons (Fsp3) is 0.471. The predicted octanol–water partition coefficient (Wildman–Crippen LogP) is 2.16. The standard InChI is InChI=1S/C17H23NO3/c1-17(2,8-9-19)12-18-16(20)6-4-13-3-5-15-14(11-13)7-10-21-15/h3-6,11,19H,7-10,12H2,1-2H3,(H,18,20)/b6-4+. The minimum Gasteiger partial charge on any atom is -0.493 e. The summed E-state index contributed by atoms with van der Waals surface area (Å²) < 4.78 is 5.45. The zero-order valence-electron chi connectivity index (χ0n) is 12.7. The van der Waals surface area contributed by atoms with Gasteiger partial charge in [0.1, 0.15) is 5.75 Å². The number of hydrogen-bond acceptors (Lipinski definition) is 3. The van der Waals surface area contributed by atoms with E-state index in [9.17, 15) is 4.79 Å². The molecule has 0 spiro atoms. The molecule has 0 bridgehead atoms. The van der Waals surface area contributed by atoms with Crippen molar-refractivity contribution in [2.45, 2.75) is 26.7 Å². The van der Waals surface area contributed by atoms with Gasteiger partial charge in [-0.25, -0.2) is 0 Å². The SMILES string of the molecule is CC(C)(CCO)CNC(=O)/C=C/c1ccc2c(c1)CCO2. The minimum atomic E-state index is -0.113. The maximum Gasteiger partial charge on any atom is 0.244 e. The van der Waals surface area contributed by atoms with Crippen molar-refractivity contribution in [3.63, 3.8) is 0 Å². The van der Waals surface area contributed by atoms with Crippen molar-refractivity contribution in [2.75, 3.05) is 19.8 Å². The summed E-state index contributed by atoms with van der Waals surface area (Å²) in [5.74, 6) is 0.833. The van der Waals surface area contributed by atoms with Crippen LogP contribution >= 0.6 is 0 Å². The normalized spacial score (nSPS) is 14.0. The van der Waals surface area contributed by atoms with Gasteiger partial charge in [0.05, 0.1) is 6.61 Å². The van der Waals surface area contributed by atoms with Gasteiger partial charge in [0.2, 0.25) is 5.91 Å². The summed E-state index contributed by atoms with van der Waals surface area (Å²) in [5.41, 5.74) is 2.11. The molecule has 0 unspecified atom stereocenters. The fourth-order valence-electron chi connectivity index (χ4n) is 2.26. The van der Waals surface area contributed by atoms with Crippen molar-refractivity contribution in [3.05, 3.63) is 35.4 Å². The lowest BCUT2D eigenvalue weighted by Gasteiger charge is -2.23. The van der Waals surface area contributed by atoms with E-state index in [-0.39, 0.29) is 17.9 Å². The van der Waals surface area contributed by atoms with E-state index in [0.717, 1.165) is 24.3 Å². The topological polar surface area (TPSA) is 58.6 Å². The second kappa shape index (κ2) is 6.76. The number of fused-ring (bicyclic) bond motifs is 1. The molecular weight excluding hydrogens is 266 g/mol. The Balaban J connectivity index is 1.87. The Morgan fingerprint density at radius 1 is 1.48 bits per heavy atom. The Kier molecular flexibility index (Phi) is 5.02. The van der Waals surface area contributed by atoms with E-state index in [4.69, 9.17) is 9.84 Å². The van der Waals surface area contributed by atoms with E-state index >= 15 is 0 Å². The number of hydrogen-bond donors (Lipinski definition) is 2. The smallest absolute Gasteiger partial charge is 0.244 e. The molecule has 21 heavy (non-hydrogen) atoms. The maximum atomic E-state index is 11.8. The molecule has 4 heteroatoms. The molecule has 1 aromatic rings. The molecule has 1 aliphatic rings. The number of carbonyl (C=O) groups excluding carboxylic acids is 1. The Morgan fingerprint density at radius 3 is 3.05 bits per heavy atom. The van der Waals surface area contributed by atoms with Gasteiger partial charge in [0.15, 0.2) is 0 Å². The highest BCUT2D eigenvalue weighted by atomic mass is 16.5.